The third-order valence-electron chi connectivity index (χ3n) is 6.12. The molecule has 0 N–H and O–H groups in total. The van der Waals surface area contributed by atoms with Crippen LogP contribution < -0.4 is 4.74 Å². The first-order valence-corrected chi connectivity index (χ1v) is 13.6. The van der Waals surface area contributed by atoms with Gasteiger partial charge in [-0.15, -0.1) is 22.8 Å². The van der Waals surface area contributed by atoms with Crippen LogP contribution in [0.4, 0.5) is 0 Å². The summed E-state index contributed by atoms with van der Waals surface area (Å²) >= 11 is 4.51. The van der Waals surface area contributed by atoms with E-state index in [0.29, 0.717) is 11.8 Å². The minimum atomic E-state index is 0.644. The van der Waals surface area contributed by atoms with Crippen LogP contribution in [0.1, 0.15) is 116 Å². The maximum absolute atomic E-state index is 5.54. The molecule has 0 atom stereocenters. The van der Waals surface area contributed by atoms with Gasteiger partial charge in [-0.2, -0.15) is 0 Å². The second kappa shape index (κ2) is 17.0. The van der Waals surface area contributed by atoms with E-state index < -0.39 is 0 Å². The Balaban J connectivity index is 1.53. The van der Waals surface area contributed by atoms with Crippen LogP contribution in [0.5, 0.6) is 5.75 Å². The molecule has 2 rings (SSSR count). The lowest BCUT2D eigenvalue weighted by Gasteiger charge is -2.10. The molecular formula is C27H45N3OS. The zero-order valence-corrected chi connectivity index (χ0v) is 21.4. The van der Waals surface area contributed by atoms with Crippen LogP contribution in [0.3, 0.4) is 0 Å². The molecule has 0 saturated heterocycles. The highest BCUT2D eigenvalue weighted by Crippen LogP contribution is 2.21. The summed E-state index contributed by atoms with van der Waals surface area (Å²) in [5, 5.41) is 9.19. The van der Waals surface area contributed by atoms with Crippen molar-refractivity contribution in [1.82, 2.24) is 14.8 Å². The number of aryl methyl sites for hydroxylation is 1. The number of hydrogen-bond donors (Lipinski definition) is 1. The zero-order valence-electron chi connectivity index (χ0n) is 20.5. The van der Waals surface area contributed by atoms with Gasteiger partial charge in [0.05, 0.1) is 6.61 Å². The van der Waals surface area contributed by atoms with Crippen LogP contribution in [-0.4, -0.2) is 21.4 Å². The number of benzene rings is 1. The smallest absolute Gasteiger partial charge is 0.192 e. The molecule has 0 unspecified atom stereocenters. The molecule has 180 valence electrons. The molecule has 5 heteroatoms. The number of thiol groups is 1. The number of hydrogen-bond acceptors (Lipinski definition) is 4. The summed E-state index contributed by atoms with van der Waals surface area (Å²) in [6, 6.07) is 8.07. The fourth-order valence-corrected chi connectivity index (χ4v) is 4.52. The molecule has 0 radical (unpaired) electrons. The SMILES string of the molecule is CCCCCCCCCCCCCCCCCc1nnc(S)n1-c1ccc(OCC)cc1. The molecule has 0 aliphatic heterocycles. The van der Waals surface area contributed by atoms with Gasteiger partial charge in [0.1, 0.15) is 11.6 Å². The molecule has 0 aliphatic carbocycles. The Bertz CT molecular complexity index is 714. The van der Waals surface area contributed by atoms with E-state index in [9.17, 15) is 0 Å². The highest BCUT2D eigenvalue weighted by Gasteiger charge is 2.11. The quantitative estimate of drug-likeness (QED) is 0.169. The van der Waals surface area contributed by atoms with E-state index in [1.54, 1.807) is 0 Å². The zero-order chi connectivity index (χ0) is 22.9. The molecule has 0 fully saturated rings. The van der Waals surface area contributed by atoms with E-state index in [4.69, 9.17) is 4.74 Å². The van der Waals surface area contributed by atoms with Gasteiger partial charge in [0, 0.05) is 12.1 Å². The summed E-state index contributed by atoms with van der Waals surface area (Å²) in [4.78, 5) is 0. The van der Waals surface area contributed by atoms with Crippen molar-refractivity contribution in [3.63, 3.8) is 0 Å². The predicted octanol–water partition coefficient (Wildman–Crippen LogP) is 8.37. The molecule has 0 amide bonds. The Hall–Kier alpha value is -1.49. The topological polar surface area (TPSA) is 39.9 Å². The first kappa shape index (κ1) is 26.8. The minimum Gasteiger partial charge on any atom is -0.494 e. The number of nitrogens with zero attached hydrogens (tertiary/aromatic N) is 3. The van der Waals surface area contributed by atoms with Gasteiger partial charge in [-0.25, -0.2) is 0 Å². The van der Waals surface area contributed by atoms with E-state index in [-0.39, 0.29) is 0 Å². The summed E-state index contributed by atoms with van der Waals surface area (Å²) < 4.78 is 7.58. The molecule has 0 spiro atoms. The molecule has 4 nitrogen and oxygen atoms in total. The van der Waals surface area contributed by atoms with Crippen LogP contribution in [-0.2, 0) is 6.42 Å². The summed E-state index contributed by atoms with van der Waals surface area (Å²) in [7, 11) is 0. The van der Waals surface area contributed by atoms with Crippen molar-refractivity contribution in [3.8, 4) is 11.4 Å². The highest BCUT2D eigenvalue weighted by molar-refractivity contribution is 7.80. The number of aromatic nitrogens is 3. The number of ether oxygens (including phenoxy) is 1. The number of unbranched alkanes of at least 4 members (excludes halogenated alkanes) is 14. The molecule has 0 bridgehead atoms. The van der Waals surface area contributed by atoms with Crippen molar-refractivity contribution >= 4 is 12.6 Å². The van der Waals surface area contributed by atoms with Gasteiger partial charge in [-0.3, -0.25) is 4.57 Å². The third kappa shape index (κ3) is 10.4. The largest absolute Gasteiger partial charge is 0.494 e. The van der Waals surface area contributed by atoms with Gasteiger partial charge in [-0.1, -0.05) is 96.8 Å². The fraction of sp³-hybridized carbons (Fsp3) is 0.704. The van der Waals surface area contributed by atoms with Crippen molar-refractivity contribution in [2.75, 3.05) is 6.61 Å². The monoisotopic (exact) mass is 459 g/mol. The Kier molecular flexibility index (Phi) is 14.3. The standard InChI is InChI=1S/C27H45N3OS/c1-3-5-6-7-8-9-10-11-12-13-14-15-16-17-18-19-26-28-29-27(32)30(26)24-20-22-25(23-21-24)31-4-2/h20-23H,3-19H2,1-2H3,(H,29,32). The molecule has 1 heterocycles. The van der Waals surface area contributed by atoms with E-state index in [2.05, 4.69) is 29.7 Å². The molecule has 0 aliphatic rings. The van der Waals surface area contributed by atoms with Crippen molar-refractivity contribution in [1.29, 1.82) is 0 Å². The molecule has 2 aromatic rings. The van der Waals surface area contributed by atoms with Crippen LogP contribution in [0.2, 0.25) is 0 Å². The van der Waals surface area contributed by atoms with Crippen LogP contribution in [0, 0.1) is 0 Å². The molecular weight excluding hydrogens is 414 g/mol. The highest BCUT2D eigenvalue weighted by atomic mass is 32.1. The van der Waals surface area contributed by atoms with Crippen molar-refractivity contribution in [2.24, 2.45) is 0 Å². The summed E-state index contributed by atoms with van der Waals surface area (Å²) in [5.74, 6) is 1.88. The van der Waals surface area contributed by atoms with Gasteiger partial charge in [0.25, 0.3) is 0 Å². The van der Waals surface area contributed by atoms with Crippen LogP contribution >= 0.6 is 12.6 Å². The summed E-state index contributed by atoms with van der Waals surface area (Å²) in [6.07, 6.45) is 21.7. The average Bonchev–Trinajstić information content (AvgIpc) is 3.17. The first-order valence-electron chi connectivity index (χ1n) is 13.1. The average molecular weight is 460 g/mol. The molecule has 32 heavy (non-hydrogen) atoms. The Morgan fingerprint density at radius 3 is 1.69 bits per heavy atom. The van der Waals surface area contributed by atoms with Crippen molar-refractivity contribution in [2.45, 2.75) is 122 Å². The molecule has 1 aromatic carbocycles. The summed E-state index contributed by atoms with van der Waals surface area (Å²) in [5.41, 5.74) is 1.04. The van der Waals surface area contributed by atoms with Crippen molar-refractivity contribution in [3.05, 3.63) is 30.1 Å². The molecule has 1 aromatic heterocycles. The van der Waals surface area contributed by atoms with E-state index >= 15 is 0 Å². The van der Waals surface area contributed by atoms with Gasteiger partial charge < -0.3 is 4.74 Å². The fourth-order valence-electron chi connectivity index (χ4n) is 4.25. The Morgan fingerprint density at radius 1 is 0.688 bits per heavy atom. The van der Waals surface area contributed by atoms with Crippen molar-refractivity contribution < 1.29 is 4.74 Å². The van der Waals surface area contributed by atoms with E-state index in [1.807, 2.05) is 35.8 Å². The number of rotatable bonds is 19. The predicted molar refractivity (Wildman–Crippen MR) is 138 cm³/mol. The van der Waals surface area contributed by atoms with Crippen LogP contribution in [0.25, 0.3) is 5.69 Å². The maximum atomic E-state index is 5.54. The summed E-state index contributed by atoms with van der Waals surface area (Å²) in [6.45, 7) is 4.96. The van der Waals surface area contributed by atoms with Gasteiger partial charge in [0.15, 0.2) is 5.16 Å². The van der Waals surface area contributed by atoms with Gasteiger partial charge >= 0.3 is 0 Å². The first-order chi connectivity index (χ1) is 15.8. The lowest BCUT2D eigenvalue weighted by atomic mass is 10.0. The van der Waals surface area contributed by atoms with Gasteiger partial charge in [0.2, 0.25) is 0 Å². The lowest BCUT2D eigenvalue weighted by molar-refractivity contribution is 0.340. The second-order valence-electron chi connectivity index (χ2n) is 8.88. The van der Waals surface area contributed by atoms with Crippen LogP contribution in [0.15, 0.2) is 29.4 Å². The molecule has 0 saturated carbocycles. The second-order valence-corrected chi connectivity index (χ2v) is 9.28. The Morgan fingerprint density at radius 2 is 1.19 bits per heavy atom. The minimum absolute atomic E-state index is 0.644. The van der Waals surface area contributed by atoms with Gasteiger partial charge in [-0.05, 0) is 37.6 Å². The lowest BCUT2D eigenvalue weighted by Crippen LogP contribution is -2.02. The Labute approximate surface area is 202 Å². The normalized spacial score (nSPS) is 11.2. The maximum Gasteiger partial charge on any atom is 0.192 e. The van der Waals surface area contributed by atoms with E-state index in [1.165, 1.54) is 89.9 Å². The third-order valence-corrected chi connectivity index (χ3v) is 6.41. The van der Waals surface area contributed by atoms with E-state index in [0.717, 1.165) is 30.1 Å².